The maximum atomic E-state index is 14.8. The van der Waals surface area contributed by atoms with Gasteiger partial charge in [0.1, 0.15) is 46.2 Å². The van der Waals surface area contributed by atoms with Crippen LogP contribution < -0.4 is 4.74 Å². The van der Waals surface area contributed by atoms with Gasteiger partial charge in [0, 0.05) is 22.8 Å². The molecule has 0 amide bonds. The quantitative estimate of drug-likeness (QED) is 0.230. The van der Waals surface area contributed by atoms with Gasteiger partial charge in [0.25, 0.3) is 0 Å². The van der Waals surface area contributed by atoms with Crippen LogP contribution in [0.15, 0.2) is 60.7 Å². The monoisotopic (exact) mass is 522 g/mol. The van der Waals surface area contributed by atoms with E-state index in [4.69, 9.17) is 0 Å². The van der Waals surface area contributed by atoms with Crippen molar-refractivity contribution in [3.8, 4) is 28.0 Å². The van der Waals surface area contributed by atoms with E-state index in [2.05, 4.69) is 4.74 Å². The average Bonchev–Trinajstić information content (AvgIpc) is 2.81. The minimum atomic E-state index is -4.59. The summed E-state index contributed by atoms with van der Waals surface area (Å²) in [6.07, 6.45) is -4.07. The average molecular weight is 522 g/mol. The van der Waals surface area contributed by atoms with Gasteiger partial charge in [-0.25, -0.2) is 26.3 Å². The number of rotatable bonds is 6. The number of benzene rings is 4. The van der Waals surface area contributed by atoms with E-state index >= 15 is 0 Å². The largest absolute Gasteiger partial charge is 0.432 e. The van der Waals surface area contributed by atoms with E-state index in [0.717, 1.165) is 24.3 Å². The lowest BCUT2D eigenvalue weighted by Gasteiger charge is -2.20. The van der Waals surface area contributed by atoms with Gasteiger partial charge in [-0.1, -0.05) is 19.1 Å². The molecular formula is C28H18F8O. The highest BCUT2D eigenvalue weighted by molar-refractivity contribution is 5.66. The Morgan fingerprint density at radius 1 is 0.622 bits per heavy atom. The standard InChI is InChI=1S/C28H18F8O/c1-3-15-4-6-19(23(31)8-15)17-11-25(33)27(26(34)12-17)28(35,36)37-18-5-7-20(24(32)13-18)16-9-21(29)14(2)22(30)10-16/h4-13H,3H2,1-2H3. The first-order valence-electron chi connectivity index (χ1n) is 11.0. The predicted octanol–water partition coefficient (Wildman–Crippen LogP) is 8.85. The van der Waals surface area contributed by atoms with Gasteiger partial charge < -0.3 is 4.74 Å². The van der Waals surface area contributed by atoms with E-state index in [1.807, 2.05) is 0 Å². The lowest BCUT2D eigenvalue weighted by atomic mass is 10.00. The van der Waals surface area contributed by atoms with Gasteiger partial charge in [0.2, 0.25) is 0 Å². The number of aryl methyl sites for hydroxylation is 1. The first kappa shape index (κ1) is 26.2. The van der Waals surface area contributed by atoms with Crippen molar-refractivity contribution in [3.05, 3.63) is 112 Å². The van der Waals surface area contributed by atoms with Crippen molar-refractivity contribution in [1.82, 2.24) is 0 Å². The zero-order valence-corrected chi connectivity index (χ0v) is 19.4. The van der Waals surface area contributed by atoms with Crippen molar-refractivity contribution in [2.75, 3.05) is 0 Å². The Hall–Kier alpha value is -3.88. The number of alkyl halides is 2. The summed E-state index contributed by atoms with van der Waals surface area (Å²) in [5.74, 6) is -8.03. The Bertz CT molecular complexity index is 1450. The fourth-order valence-corrected chi connectivity index (χ4v) is 3.81. The molecule has 0 radical (unpaired) electrons. The highest BCUT2D eigenvalue weighted by Gasteiger charge is 2.41. The van der Waals surface area contributed by atoms with E-state index in [-0.39, 0.29) is 27.8 Å². The first-order valence-corrected chi connectivity index (χ1v) is 11.0. The summed E-state index contributed by atoms with van der Waals surface area (Å²) < 4.78 is 120. The molecule has 192 valence electrons. The fourth-order valence-electron chi connectivity index (χ4n) is 3.81. The number of halogens is 8. The van der Waals surface area contributed by atoms with Crippen LogP contribution in [0, 0.1) is 41.8 Å². The van der Waals surface area contributed by atoms with Crippen LogP contribution in [-0.2, 0) is 12.5 Å². The predicted molar refractivity (Wildman–Crippen MR) is 122 cm³/mol. The van der Waals surface area contributed by atoms with Crippen LogP contribution in [-0.4, -0.2) is 0 Å². The molecule has 0 N–H and O–H groups in total. The maximum Gasteiger partial charge on any atom is 0.432 e. The van der Waals surface area contributed by atoms with Crippen LogP contribution in [0.3, 0.4) is 0 Å². The zero-order valence-electron chi connectivity index (χ0n) is 19.4. The highest BCUT2D eigenvalue weighted by atomic mass is 19.3. The second kappa shape index (κ2) is 9.88. The minimum Gasteiger partial charge on any atom is -0.429 e. The van der Waals surface area contributed by atoms with Crippen LogP contribution in [0.1, 0.15) is 23.6 Å². The molecule has 4 rings (SSSR count). The van der Waals surface area contributed by atoms with E-state index in [9.17, 15) is 35.1 Å². The van der Waals surface area contributed by atoms with E-state index in [0.29, 0.717) is 30.2 Å². The minimum absolute atomic E-state index is 0.188. The zero-order chi connectivity index (χ0) is 27.1. The van der Waals surface area contributed by atoms with Gasteiger partial charge in [0.15, 0.2) is 0 Å². The van der Waals surface area contributed by atoms with Crippen LogP contribution in [0.5, 0.6) is 5.75 Å². The Labute approximate surface area is 207 Å². The van der Waals surface area contributed by atoms with Crippen LogP contribution in [0.25, 0.3) is 22.3 Å². The molecule has 0 saturated carbocycles. The Kier molecular flexibility index (Phi) is 6.99. The lowest BCUT2D eigenvalue weighted by Crippen LogP contribution is -2.25. The summed E-state index contributed by atoms with van der Waals surface area (Å²) in [6.45, 7) is 2.97. The molecule has 0 aliphatic rings. The molecule has 0 aliphatic carbocycles. The van der Waals surface area contributed by atoms with Gasteiger partial charge in [-0.15, -0.1) is 0 Å². The molecule has 0 fully saturated rings. The summed E-state index contributed by atoms with van der Waals surface area (Å²) in [4.78, 5) is 0. The molecule has 0 heterocycles. The lowest BCUT2D eigenvalue weighted by molar-refractivity contribution is -0.189. The van der Waals surface area contributed by atoms with E-state index in [1.54, 1.807) is 6.92 Å². The van der Waals surface area contributed by atoms with Crippen LogP contribution in [0.2, 0.25) is 0 Å². The van der Waals surface area contributed by atoms with E-state index in [1.165, 1.54) is 25.1 Å². The van der Waals surface area contributed by atoms with Crippen molar-refractivity contribution in [2.24, 2.45) is 0 Å². The van der Waals surface area contributed by atoms with Gasteiger partial charge >= 0.3 is 6.11 Å². The molecule has 1 nitrogen and oxygen atoms in total. The second-order valence-electron chi connectivity index (χ2n) is 8.31. The second-order valence-corrected chi connectivity index (χ2v) is 8.31. The number of ether oxygens (including phenoxy) is 1. The van der Waals surface area contributed by atoms with Crippen molar-refractivity contribution in [2.45, 2.75) is 26.4 Å². The molecule has 4 aromatic carbocycles. The first-order chi connectivity index (χ1) is 17.4. The topological polar surface area (TPSA) is 9.23 Å². The number of hydrogen-bond acceptors (Lipinski definition) is 1. The summed E-state index contributed by atoms with van der Waals surface area (Å²) in [5.41, 5.74) is -2.40. The fraction of sp³-hybridized carbons (Fsp3) is 0.143. The SMILES string of the molecule is CCc1ccc(-c2cc(F)c(C(F)(F)Oc3ccc(-c4cc(F)c(C)c(F)c4)c(F)c3)c(F)c2)c(F)c1. The van der Waals surface area contributed by atoms with Gasteiger partial charge in [-0.2, -0.15) is 8.78 Å². The smallest absolute Gasteiger partial charge is 0.429 e. The third-order valence-electron chi connectivity index (χ3n) is 5.86. The summed E-state index contributed by atoms with van der Waals surface area (Å²) in [5, 5.41) is 0. The third-order valence-corrected chi connectivity index (χ3v) is 5.86. The van der Waals surface area contributed by atoms with Crippen LogP contribution in [0.4, 0.5) is 35.1 Å². The van der Waals surface area contributed by atoms with Crippen molar-refractivity contribution in [1.29, 1.82) is 0 Å². The summed E-state index contributed by atoms with van der Waals surface area (Å²) in [6, 6.07) is 9.12. The van der Waals surface area contributed by atoms with Crippen molar-refractivity contribution >= 4 is 0 Å². The molecule has 9 heteroatoms. The van der Waals surface area contributed by atoms with Crippen molar-refractivity contribution in [3.63, 3.8) is 0 Å². The normalized spacial score (nSPS) is 11.6. The van der Waals surface area contributed by atoms with E-state index < -0.39 is 52.3 Å². The maximum absolute atomic E-state index is 14.8. The molecule has 0 aromatic heterocycles. The molecule has 0 bridgehead atoms. The van der Waals surface area contributed by atoms with Crippen molar-refractivity contribution < 1.29 is 39.9 Å². The van der Waals surface area contributed by atoms with Gasteiger partial charge in [-0.05, 0) is 72.5 Å². The highest BCUT2D eigenvalue weighted by Crippen LogP contribution is 2.38. The summed E-state index contributed by atoms with van der Waals surface area (Å²) >= 11 is 0. The Balaban J connectivity index is 1.64. The van der Waals surface area contributed by atoms with Gasteiger partial charge in [0.05, 0.1) is 0 Å². The third kappa shape index (κ3) is 5.16. The number of hydrogen-bond donors (Lipinski definition) is 0. The Morgan fingerprint density at radius 3 is 1.59 bits per heavy atom. The van der Waals surface area contributed by atoms with Gasteiger partial charge in [-0.3, -0.25) is 0 Å². The molecule has 0 atom stereocenters. The molecule has 0 spiro atoms. The molecule has 0 aliphatic heterocycles. The van der Waals surface area contributed by atoms with Crippen LogP contribution >= 0.6 is 0 Å². The molecule has 0 saturated heterocycles. The molecule has 4 aromatic rings. The molecule has 37 heavy (non-hydrogen) atoms. The Morgan fingerprint density at radius 2 is 1.11 bits per heavy atom. The molecular weight excluding hydrogens is 504 g/mol. The molecule has 0 unspecified atom stereocenters. The summed E-state index contributed by atoms with van der Waals surface area (Å²) in [7, 11) is 0.